The van der Waals surface area contributed by atoms with Gasteiger partial charge in [0, 0.05) is 25.0 Å². The molecular formula is C30H27FN6O6. The highest BCUT2D eigenvalue weighted by molar-refractivity contribution is 5.87. The first kappa shape index (κ1) is 28.0. The van der Waals surface area contributed by atoms with Gasteiger partial charge < -0.3 is 29.0 Å². The zero-order valence-electron chi connectivity index (χ0n) is 23.2. The molecular weight excluding hydrogens is 559 g/mol. The summed E-state index contributed by atoms with van der Waals surface area (Å²) in [6, 6.07) is 12.6. The topological polar surface area (TPSA) is 132 Å². The molecule has 0 fully saturated rings. The summed E-state index contributed by atoms with van der Waals surface area (Å²) in [6.07, 6.45) is 4.34. The molecule has 1 aliphatic rings. The summed E-state index contributed by atoms with van der Waals surface area (Å²) in [4.78, 5) is 30.6. The van der Waals surface area contributed by atoms with Crippen molar-refractivity contribution in [2.75, 3.05) is 45.0 Å². The van der Waals surface area contributed by atoms with Crippen LogP contribution in [0.3, 0.4) is 0 Å². The molecule has 5 aromatic rings. The number of ether oxygens (including phenoxy) is 5. The Morgan fingerprint density at radius 1 is 0.837 bits per heavy atom. The van der Waals surface area contributed by atoms with Crippen molar-refractivity contribution in [3.05, 3.63) is 83.4 Å². The predicted molar refractivity (Wildman–Crippen MR) is 155 cm³/mol. The predicted octanol–water partition coefficient (Wildman–Crippen LogP) is 4.26. The summed E-state index contributed by atoms with van der Waals surface area (Å²) >= 11 is 0. The summed E-state index contributed by atoms with van der Waals surface area (Å²) in [5.41, 5.74) is 1.61. The number of aromatic nitrogens is 5. The third-order valence-electron chi connectivity index (χ3n) is 6.50. The quantitative estimate of drug-likeness (QED) is 0.317. The summed E-state index contributed by atoms with van der Waals surface area (Å²) in [5.74, 6) is 1.68. The third kappa shape index (κ3) is 6.52. The maximum atomic E-state index is 13.2. The van der Waals surface area contributed by atoms with Gasteiger partial charge in [-0.3, -0.25) is 14.3 Å². The molecule has 0 atom stereocenters. The lowest BCUT2D eigenvalue weighted by Gasteiger charge is -2.16. The zero-order chi connectivity index (χ0) is 29.6. The van der Waals surface area contributed by atoms with Gasteiger partial charge in [0.1, 0.15) is 31.1 Å². The second-order valence-electron chi connectivity index (χ2n) is 9.39. The molecule has 3 aromatic heterocycles. The number of benzene rings is 2. The van der Waals surface area contributed by atoms with Crippen LogP contribution >= 0.6 is 0 Å². The van der Waals surface area contributed by atoms with E-state index in [0.29, 0.717) is 96.6 Å². The van der Waals surface area contributed by atoms with Gasteiger partial charge in [0.2, 0.25) is 11.8 Å². The van der Waals surface area contributed by atoms with E-state index in [-0.39, 0.29) is 11.4 Å². The molecule has 0 bridgehead atoms. The van der Waals surface area contributed by atoms with Gasteiger partial charge in [0.25, 0.3) is 5.56 Å². The Morgan fingerprint density at radius 3 is 2.28 bits per heavy atom. The molecule has 0 unspecified atom stereocenters. The molecule has 0 saturated heterocycles. The van der Waals surface area contributed by atoms with Crippen LogP contribution in [0.2, 0.25) is 0 Å². The molecule has 1 N–H and O–H groups in total. The molecule has 0 amide bonds. The smallest absolute Gasteiger partial charge is 0.264 e. The normalized spacial score (nSPS) is 14.0. The average molecular weight is 587 g/mol. The van der Waals surface area contributed by atoms with E-state index in [0.717, 1.165) is 0 Å². The second-order valence-corrected chi connectivity index (χ2v) is 9.39. The number of anilines is 2. The van der Waals surface area contributed by atoms with Gasteiger partial charge in [0.15, 0.2) is 11.5 Å². The minimum absolute atomic E-state index is 0.297. The fourth-order valence-electron chi connectivity index (χ4n) is 4.30. The highest BCUT2D eigenvalue weighted by Crippen LogP contribution is 2.36. The van der Waals surface area contributed by atoms with E-state index >= 15 is 0 Å². The molecule has 1 aliphatic heterocycles. The van der Waals surface area contributed by atoms with E-state index in [2.05, 4.69) is 25.3 Å². The molecule has 220 valence electrons. The molecule has 12 nitrogen and oxygen atoms in total. The van der Waals surface area contributed by atoms with E-state index in [9.17, 15) is 9.18 Å². The summed E-state index contributed by atoms with van der Waals surface area (Å²) in [6.45, 7) is 2.47. The van der Waals surface area contributed by atoms with Crippen LogP contribution < -0.4 is 25.1 Å². The van der Waals surface area contributed by atoms with Crippen molar-refractivity contribution in [2.45, 2.75) is 0 Å². The van der Waals surface area contributed by atoms with E-state index in [1.165, 1.54) is 35.4 Å². The lowest BCUT2D eigenvalue weighted by molar-refractivity contribution is 0.0224. The number of fused-ring (bicyclic) bond motifs is 2. The van der Waals surface area contributed by atoms with Crippen LogP contribution in [0.15, 0.2) is 72.0 Å². The minimum Gasteiger partial charge on any atom is -0.487 e. The van der Waals surface area contributed by atoms with Gasteiger partial charge in [0.05, 0.1) is 54.8 Å². The number of halogens is 1. The largest absolute Gasteiger partial charge is 0.487 e. The van der Waals surface area contributed by atoms with Crippen molar-refractivity contribution in [3.8, 4) is 34.4 Å². The molecule has 43 heavy (non-hydrogen) atoms. The number of nitrogens with one attached hydrogen (secondary N) is 1. The monoisotopic (exact) mass is 586 g/mol. The first-order valence-corrected chi connectivity index (χ1v) is 13.5. The van der Waals surface area contributed by atoms with Crippen LogP contribution in [0.25, 0.3) is 22.2 Å². The van der Waals surface area contributed by atoms with Crippen LogP contribution in [0.4, 0.5) is 16.0 Å². The van der Waals surface area contributed by atoms with Gasteiger partial charge in [-0.15, -0.1) is 0 Å². The van der Waals surface area contributed by atoms with Crippen molar-refractivity contribution in [3.63, 3.8) is 0 Å². The molecule has 2 aromatic carbocycles. The van der Waals surface area contributed by atoms with Crippen molar-refractivity contribution in [2.24, 2.45) is 7.05 Å². The van der Waals surface area contributed by atoms with E-state index < -0.39 is 0 Å². The Morgan fingerprint density at radius 2 is 1.56 bits per heavy atom. The van der Waals surface area contributed by atoms with Gasteiger partial charge >= 0.3 is 0 Å². The fourth-order valence-corrected chi connectivity index (χ4v) is 4.30. The highest BCUT2D eigenvalue weighted by Gasteiger charge is 2.16. The standard InChI is InChI=1S/C30H27FN6O6/c1-37-29(38)23(17-33-30(37)36-20-4-2-19(31)3-5-20)24-7-6-21(16-32-24)43-28-22-14-26-27(15-25(22)34-18-35-28)42-13-11-40-9-8-39-10-12-41-26/h2-7,14-18H,8-13H2,1H3,(H,33,36). The van der Waals surface area contributed by atoms with Crippen LogP contribution in [0.1, 0.15) is 0 Å². The van der Waals surface area contributed by atoms with Crippen LogP contribution in [0.5, 0.6) is 23.1 Å². The molecule has 0 spiro atoms. The zero-order valence-corrected chi connectivity index (χ0v) is 23.2. The summed E-state index contributed by atoms with van der Waals surface area (Å²) in [7, 11) is 1.59. The maximum Gasteiger partial charge on any atom is 0.264 e. The van der Waals surface area contributed by atoms with E-state index in [1.54, 1.807) is 43.4 Å². The SMILES string of the molecule is Cn1c(Nc2ccc(F)cc2)ncc(-c2ccc(Oc3ncnc4cc5c(cc34)OCCOCCOCCO5)cn2)c1=O. The third-order valence-corrected chi connectivity index (χ3v) is 6.50. The molecule has 13 heteroatoms. The van der Waals surface area contributed by atoms with Crippen molar-refractivity contribution in [1.82, 2.24) is 24.5 Å². The highest BCUT2D eigenvalue weighted by atomic mass is 19.1. The number of nitrogens with zero attached hydrogens (tertiary/aromatic N) is 5. The van der Waals surface area contributed by atoms with Crippen LogP contribution in [-0.2, 0) is 16.5 Å². The van der Waals surface area contributed by atoms with Crippen LogP contribution in [0, 0.1) is 5.82 Å². The number of rotatable bonds is 5. The Kier molecular flexibility index (Phi) is 8.33. The van der Waals surface area contributed by atoms with Crippen LogP contribution in [-0.4, -0.2) is 64.1 Å². The van der Waals surface area contributed by atoms with Gasteiger partial charge in [-0.25, -0.2) is 19.3 Å². The van der Waals surface area contributed by atoms with Crippen molar-refractivity contribution < 1.29 is 28.1 Å². The summed E-state index contributed by atoms with van der Waals surface area (Å²) in [5, 5.41) is 3.62. The van der Waals surface area contributed by atoms with Gasteiger partial charge in [-0.1, -0.05) is 0 Å². The van der Waals surface area contributed by atoms with Gasteiger partial charge in [-0.05, 0) is 42.5 Å². The lowest BCUT2D eigenvalue weighted by Crippen LogP contribution is -2.22. The second kappa shape index (κ2) is 12.8. The van der Waals surface area contributed by atoms with Crippen molar-refractivity contribution in [1.29, 1.82) is 0 Å². The van der Waals surface area contributed by atoms with Gasteiger partial charge in [-0.2, -0.15) is 0 Å². The Labute approximate surface area is 245 Å². The number of hydrogen-bond donors (Lipinski definition) is 1. The fraction of sp³-hybridized carbons (Fsp3) is 0.233. The minimum atomic E-state index is -0.356. The molecule has 6 rings (SSSR count). The Bertz CT molecular complexity index is 1780. The molecule has 4 heterocycles. The Balaban J connectivity index is 1.22. The lowest BCUT2D eigenvalue weighted by atomic mass is 10.2. The van der Waals surface area contributed by atoms with E-state index in [4.69, 9.17) is 23.7 Å². The first-order valence-electron chi connectivity index (χ1n) is 13.5. The molecule has 0 aliphatic carbocycles. The molecule has 0 radical (unpaired) electrons. The summed E-state index contributed by atoms with van der Waals surface area (Å²) < 4.78 is 43.5. The number of pyridine rings is 1. The van der Waals surface area contributed by atoms with Crippen molar-refractivity contribution >= 4 is 22.5 Å². The first-order chi connectivity index (χ1) is 21.0. The average Bonchev–Trinajstić information content (AvgIpc) is 3.01. The maximum absolute atomic E-state index is 13.2. The van der Waals surface area contributed by atoms with E-state index in [1.807, 2.05) is 0 Å². The number of hydrogen-bond acceptors (Lipinski definition) is 11. The Hall–Kier alpha value is -5.14. The molecule has 0 saturated carbocycles.